The topological polar surface area (TPSA) is 112 Å². The third-order valence-electron chi connectivity index (χ3n) is 4.56. The predicted octanol–water partition coefficient (Wildman–Crippen LogP) is 3.78. The van der Waals surface area contributed by atoms with Crippen LogP contribution in [-0.2, 0) is 17.6 Å². The minimum atomic E-state index is -0.871. The number of fused-ring (bicyclic) bond motifs is 2. The first-order valence-electron chi connectivity index (χ1n) is 8.07. The Kier molecular flexibility index (Phi) is 3.69. The molecule has 2 heterocycles. The van der Waals surface area contributed by atoms with Gasteiger partial charge >= 0.3 is 5.97 Å². The molecule has 0 saturated heterocycles. The van der Waals surface area contributed by atoms with Gasteiger partial charge in [0.2, 0.25) is 0 Å². The van der Waals surface area contributed by atoms with Gasteiger partial charge in [-0.3, -0.25) is 14.9 Å². The van der Waals surface area contributed by atoms with Crippen molar-refractivity contribution in [2.24, 2.45) is 0 Å². The first-order valence-corrected chi connectivity index (χ1v) is 8.07. The predicted molar refractivity (Wildman–Crippen MR) is 97.4 cm³/mol. The summed E-state index contributed by atoms with van der Waals surface area (Å²) in [4.78, 5) is 27.9. The van der Waals surface area contributed by atoms with Crippen molar-refractivity contribution in [1.29, 1.82) is 0 Å². The second kappa shape index (κ2) is 6.03. The van der Waals surface area contributed by atoms with E-state index in [1.54, 1.807) is 6.07 Å². The maximum absolute atomic E-state index is 11.2. The summed E-state index contributed by atoms with van der Waals surface area (Å²) in [5, 5.41) is 21.9. The monoisotopic (exact) mass is 349 g/mol. The molecule has 0 aliphatic carbocycles. The van der Waals surface area contributed by atoms with Crippen molar-refractivity contribution >= 4 is 33.5 Å². The molecule has 0 atom stereocenters. The van der Waals surface area contributed by atoms with Crippen LogP contribution in [0.2, 0.25) is 0 Å². The Bertz CT molecular complexity index is 1160. The standard InChI is InChI=1S/C19H15N3O4/c23-18(24)7-11-2-1-3-16-19(11)13(10-20-16)6-12-9-21-17-8-14(22(25)26)4-5-15(12)17/h1-5,8-10,20-21H,6-7H2,(H,23,24). The van der Waals surface area contributed by atoms with Gasteiger partial charge in [0.25, 0.3) is 5.69 Å². The summed E-state index contributed by atoms with van der Waals surface area (Å²) in [6.45, 7) is 0. The van der Waals surface area contributed by atoms with Crippen LogP contribution in [-0.4, -0.2) is 26.0 Å². The summed E-state index contributed by atoms with van der Waals surface area (Å²) in [5.41, 5.74) is 4.41. The van der Waals surface area contributed by atoms with Gasteiger partial charge in [-0.2, -0.15) is 0 Å². The highest BCUT2D eigenvalue weighted by molar-refractivity contribution is 5.91. The Labute approximate surface area is 147 Å². The van der Waals surface area contributed by atoms with Crippen LogP contribution in [0.3, 0.4) is 0 Å². The number of hydrogen-bond donors (Lipinski definition) is 3. The lowest BCUT2D eigenvalue weighted by molar-refractivity contribution is -0.384. The number of nitrogens with zero attached hydrogens (tertiary/aromatic N) is 1. The number of aromatic nitrogens is 2. The maximum atomic E-state index is 11.2. The van der Waals surface area contributed by atoms with E-state index in [9.17, 15) is 14.9 Å². The third kappa shape index (κ3) is 2.69. The zero-order valence-corrected chi connectivity index (χ0v) is 13.7. The van der Waals surface area contributed by atoms with Crippen LogP contribution in [0.15, 0.2) is 48.8 Å². The van der Waals surface area contributed by atoms with Crippen LogP contribution >= 0.6 is 0 Å². The number of H-pyrrole nitrogens is 2. The molecule has 0 unspecified atom stereocenters. The molecule has 26 heavy (non-hydrogen) atoms. The number of carboxylic acids is 1. The van der Waals surface area contributed by atoms with E-state index < -0.39 is 10.9 Å². The quantitative estimate of drug-likeness (QED) is 0.376. The number of hydrogen-bond acceptors (Lipinski definition) is 3. The van der Waals surface area contributed by atoms with E-state index in [-0.39, 0.29) is 12.1 Å². The summed E-state index contributed by atoms with van der Waals surface area (Å²) in [7, 11) is 0. The van der Waals surface area contributed by atoms with Crippen molar-refractivity contribution in [3.8, 4) is 0 Å². The first kappa shape index (κ1) is 15.9. The first-order chi connectivity index (χ1) is 12.5. The number of nitro benzene ring substituents is 1. The highest BCUT2D eigenvalue weighted by Gasteiger charge is 2.14. The number of carboxylic acid groups (broad SMARTS) is 1. The smallest absolute Gasteiger partial charge is 0.307 e. The molecule has 0 fully saturated rings. The highest BCUT2D eigenvalue weighted by atomic mass is 16.6. The Morgan fingerprint density at radius 1 is 1.04 bits per heavy atom. The number of nitro groups is 1. The molecule has 0 aliphatic heterocycles. The van der Waals surface area contributed by atoms with E-state index in [2.05, 4.69) is 9.97 Å². The molecule has 0 spiro atoms. The van der Waals surface area contributed by atoms with Crippen LogP contribution in [0, 0.1) is 10.1 Å². The van der Waals surface area contributed by atoms with E-state index in [1.165, 1.54) is 12.1 Å². The number of non-ortho nitro benzene ring substituents is 1. The third-order valence-corrected chi connectivity index (χ3v) is 4.56. The van der Waals surface area contributed by atoms with Gasteiger partial charge < -0.3 is 15.1 Å². The second-order valence-electron chi connectivity index (χ2n) is 6.20. The van der Waals surface area contributed by atoms with Crippen molar-refractivity contribution in [2.75, 3.05) is 0 Å². The number of nitrogens with one attached hydrogen (secondary N) is 2. The fourth-order valence-electron chi connectivity index (χ4n) is 3.43. The summed E-state index contributed by atoms with van der Waals surface area (Å²) < 4.78 is 0. The molecule has 4 aromatic rings. The van der Waals surface area contributed by atoms with E-state index in [0.717, 1.165) is 33.0 Å². The van der Waals surface area contributed by atoms with Crippen molar-refractivity contribution in [1.82, 2.24) is 9.97 Å². The Hall–Kier alpha value is -3.61. The number of aliphatic carboxylic acids is 1. The second-order valence-corrected chi connectivity index (χ2v) is 6.20. The molecule has 4 rings (SSSR count). The van der Waals surface area contributed by atoms with Gasteiger partial charge in [0.15, 0.2) is 0 Å². The van der Waals surface area contributed by atoms with Gasteiger partial charge in [-0.25, -0.2) is 0 Å². The molecule has 7 heteroatoms. The zero-order chi connectivity index (χ0) is 18.3. The molecule has 3 N–H and O–H groups in total. The summed E-state index contributed by atoms with van der Waals surface area (Å²) >= 11 is 0. The summed E-state index contributed by atoms with van der Waals surface area (Å²) in [5.74, 6) is -0.871. The molecule has 0 aliphatic rings. The van der Waals surface area contributed by atoms with E-state index >= 15 is 0 Å². The molecule has 2 aromatic heterocycles. The molecule has 7 nitrogen and oxygen atoms in total. The number of benzene rings is 2. The fraction of sp³-hybridized carbons (Fsp3) is 0.105. The normalized spacial score (nSPS) is 11.2. The maximum Gasteiger partial charge on any atom is 0.307 e. The molecule has 130 valence electrons. The molecule has 0 saturated carbocycles. The molecular weight excluding hydrogens is 334 g/mol. The molecule has 0 radical (unpaired) electrons. The van der Waals surface area contributed by atoms with E-state index in [4.69, 9.17) is 5.11 Å². The van der Waals surface area contributed by atoms with Gasteiger partial charge in [-0.05, 0) is 28.8 Å². The number of aromatic amines is 2. The van der Waals surface area contributed by atoms with Gasteiger partial charge in [0.05, 0.1) is 16.9 Å². The van der Waals surface area contributed by atoms with Gasteiger partial charge in [-0.1, -0.05) is 12.1 Å². The molecular formula is C19H15N3O4. The van der Waals surface area contributed by atoms with Crippen LogP contribution in [0.4, 0.5) is 5.69 Å². The average molecular weight is 349 g/mol. The van der Waals surface area contributed by atoms with Crippen molar-refractivity contribution in [3.05, 3.63) is 75.6 Å². The lowest BCUT2D eigenvalue weighted by atomic mass is 9.99. The Morgan fingerprint density at radius 2 is 1.81 bits per heavy atom. The molecule has 0 bridgehead atoms. The van der Waals surface area contributed by atoms with E-state index in [1.807, 2.05) is 30.6 Å². The van der Waals surface area contributed by atoms with Crippen LogP contribution in [0.1, 0.15) is 16.7 Å². The largest absolute Gasteiger partial charge is 0.481 e. The van der Waals surface area contributed by atoms with Gasteiger partial charge in [0.1, 0.15) is 0 Å². The minimum Gasteiger partial charge on any atom is -0.481 e. The van der Waals surface area contributed by atoms with Crippen LogP contribution < -0.4 is 0 Å². The highest BCUT2D eigenvalue weighted by Crippen LogP contribution is 2.29. The number of rotatable bonds is 5. The lowest BCUT2D eigenvalue weighted by Gasteiger charge is -2.04. The lowest BCUT2D eigenvalue weighted by Crippen LogP contribution is -2.01. The minimum absolute atomic E-state index is 0.0394. The average Bonchev–Trinajstić information content (AvgIpc) is 3.19. The zero-order valence-electron chi connectivity index (χ0n) is 13.7. The van der Waals surface area contributed by atoms with Crippen molar-refractivity contribution in [3.63, 3.8) is 0 Å². The molecule has 0 amide bonds. The van der Waals surface area contributed by atoms with Crippen LogP contribution in [0.25, 0.3) is 21.8 Å². The van der Waals surface area contributed by atoms with Gasteiger partial charge in [-0.15, -0.1) is 0 Å². The van der Waals surface area contributed by atoms with Crippen LogP contribution in [0.5, 0.6) is 0 Å². The molecule has 2 aromatic carbocycles. The summed E-state index contributed by atoms with van der Waals surface area (Å²) in [6, 6.07) is 10.3. The number of carbonyl (C=O) groups is 1. The Balaban J connectivity index is 1.77. The van der Waals surface area contributed by atoms with E-state index in [0.29, 0.717) is 11.9 Å². The van der Waals surface area contributed by atoms with Gasteiger partial charge in [0, 0.05) is 47.2 Å². The SMILES string of the molecule is O=C(O)Cc1cccc2[nH]cc(Cc3c[nH]c4cc([N+](=O)[O-])ccc34)c12. The fourth-order valence-corrected chi connectivity index (χ4v) is 3.43. The van der Waals surface area contributed by atoms with Crippen molar-refractivity contribution < 1.29 is 14.8 Å². The summed E-state index contributed by atoms with van der Waals surface area (Å²) in [6.07, 6.45) is 4.28. The Morgan fingerprint density at radius 3 is 2.58 bits per heavy atom. The van der Waals surface area contributed by atoms with Crippen molar-refractivity contribution in [2.45, 2.75) is 12.8 Å².